The number of ether oxygens (including phenoxy) is 2. The fourth-order valence-electron chi connectivity index (χ4n) is 1.86. The maximum absolute atomic E-state index is 12.0. The summed E-state index contributed by atoms with van der Waals surface area (Å²) in [5, 5.41) is 0. The van der Waals surface area contributed by atoms with Crippen molar-refractivity contribution in [1.29, 1.82) is 0 Å². The summed E-state index contributed by atoms with van der Waals surface area (Å²) >= 11 is 6.67. The fourth-order valence-corrected chi connectivity index (χ4v) is 3.03. The predicted molar refractivity (Wildman–Crippen MR) is 101 cm³/mol. The minimum Gasteiger partial charge on any atom is -0.494 e. The van der Waals surface area contributed by atoms with Gasteiger partial charge in [0.25, 0.3) is 11.8 Å². The molecule has 0 unspecified atom stereocenters. The highest BCUT2D eigenvalue weighted by Gasteiger charge is 2.10. The normalized spacial score (nSPS) is 10.0. The van der Waals surface area contributed by atoms with Crippen molar-refractivity contribution >= 4 is 43.7 Å². The quantitative estimate of drug-likeness (QED) is 0.632. The number of benzene rings is 2. The number of nitrogens with one attached hydrogen (secondary N) is 2. The van der Waals surface area contributed by atoms with Crippen LogP contribution in [0.3, 0.4) is 0 Å². The fraction of sp³-hybridized carbons (Fsp3) is 0.176. The van der Waals surface area contributed by atoms with Crippen LogP contribution in [0, 0.1) is 0 Å². The Morgan fingerprint density at radius 1 is 1.04 bits per heavy atom. The molecule has 0 radical (unpaired) electrons. The predicted octanol–water partition coefficient (Wildman–Crippen LogP) is 3.45. The van der Waals surface area contributed by atoms with Crippen LogP contribution in [0.4, 0.5) is 0 Å². The Morgan fingerprint density at radius 2 is 1.84 bits per heavy atom. The second-order valence-corrected chi connectivity index (χ2v) is 6.60. The number of hydrogen-bond acceptors (Lipinski definition) is 4. The average molecular weight is 472 g/mol. The van der Waals surface area contributed by atoms with Gasteiger partial charge in [-0.25, -0.2) is 0 Å². The Hall–Kier alpha value is -2.06. The second-order valence-electron chi connectivity index (χ2n) is 4.83. The van der Waals surface area contributed by atoms with Crippen LogP contribution in [0.25, 0.3) is 0 Å². The molecule has 0 saturated heterocycles. The van der Waals surface area contributed by atoms with Crippen LogP contribution in [-0.2, 0) is 4.79 Å². The third-order valence-electron chi connectivity index (χ3n) is 2.98. The lowest BCUT2D eigenvalue weighted by Crippen LogP contribution is -2.43. The maximum atomic E-state index is 12.0. The van der Waals surface area contributed by atoms with E-state index in [-0.39, 0.29) is 6.61 Å². The zero-order chi connectivity index (χ0) is 18.2. The molecule has 2 N–H and O–H groups in total. The van der Waals surface area contributed by atoms with Gasteiger partial charge < -0.3 is 9.47 Å². The van der Waals surface area contributed by atoms with Gasteiger partial charge in [-0.05, 0) is 59.3 Å². The Labute approximate surface area is 162 Å². The highest BCUT2D eigenvalue weighted by molar-refractivity contribution is 9.11. The van der Waals surface area contributed by atoms with Crippen molar-refractivity contribution in [1.82, 2.24) is 10.9 Å². The number of rotatable bonds is 6. The van der Waals surface area contributed by atoms with Crippen molar-refractivity contribution in [2.75, 3.05) is 13.2 Å². The molecule has 0 aromatic heterocycles. The minimum absolute atomic E-state index is 0.237. The molecule has 2 aromatic carbocycles. The third kappa shape index (κ3) is 6.06. The monoisotopic (exact) mass is 470 g/mol. The van der Waals surface area contributed by atoms with Crippen molar-refractivity contribution in [3.8, 4) is 11.5 Å². The lowest BCUT2D eigenvalue weighted by Gasteiger charge is -2.10. The first-order valence-corrected chi connectivity index (χ1v) is 8.98. The highest BCUT2D eigenvalue weighted by atomic mass is 79.9. The highest BCUT2D eigenvalue weighted by Crippen LogP contribution is 2.28. The first kappa shape index (κ1) is 19.3. The van der Waals surface area contributed by atoms with Crippen LogP contribution in [0.15, 0.2) is 51.4 Å². The molecule has 8 heteroatoms. The van der Waals surface area contributed by atoms with Crippen LogP contribution >= 0.6 is 31.9 Å². The number of hydrazine groups is 1. The van der Waals surface area contributed by atoms with E-state index in [1.54, 1.807) is 42.5 Å². The molecule has 0 fully saturated rings. The van der Waals surface area contributed by atoms with E-state index in [9.17, 15) is 9.59 Å². The molecule has 25 heavy (non-hydrogen) atoms. The molecule has 6 nitrogen and oxygen atoms in total. The number of carbonyl (C=O) groups excluding carboxylic acids is 2. The smallest absolute Gasteiger partial charge is 0.276 e. The van der Waals surface area contributed by atoms with Gasteiger partial charge in [0, 0.05) is 10.0 Å². The number of carbonyl (C=O) groups is 2. The van der Waals surface area contributed by atoms with Crippen molar-refractivity contribution in [2.24, 2.45) is 0 Å². The van der Waals surface area contributed by atoms with Crippen LogP contribution in [0.2, 0.25) is 0 Å². The summed E-state index contributed by atoms with van der Waals surface area (Å²) in [6.07, 6.45) is 0. The average Bonchev–Trinajstić information content (AvgIpc) is 2.59. The first-order chi connectivity index (χ1) is 12.0. The Bertz CT molecular complexity index is 768. The van der Waals surface area contributed by atoms with E-state index in [0.717, 1.165) is 4.47 Å². The van der Waals surface area contributed by atoms with Crippen molar-refractivity contribution in [3.63, 3.8) is 0 Å². The van der Waals surface area contributed by atoms with Crippen LogP contribution < -0.4 is 20.3 Å². The molecule has 0 aliphatic rings. The second kappa shape index (κ2) is 9.43. The van der Waals surface area contributed by atoms with Crippen molar-refractivity contribution in [2.45, 2.75) is 6.92 Å². The molecule has 0 bridgehead atoms. The molecule has 132 valence electrons. The van der Waals surface area contributed by atoms with E-state index in [0.29, 0.717) is 28.1 Å². The standard InChI is InChI=1S/C17H16Br2N2O4/c1-2-24-13-5-3-4-11(8-13)17(23)21-20-16(22)10-25-15-7-6-12(18)9-14(15)19/h3-9H,2,10H2,1H3,(H,20,22)(H,21,23). The Kier molecular flexibility index (Phi) is 7.27. The molecule has 2 aromatic rings. The Morgan fingerprint density at radius 3 is 2.56 bits per heavy atom. The van der Waals surface area contributed by atoms with Crippen LogP contribution in [-0.4, -0.2) is 25.0 Å². The molecular weight excluding hydrogens is 456 g/mol. The van der Waals surface area contributed by atoms with Crippen molar-refractivity contribution < 1.29 is 19.1 Å². The summed E-state index contributed by atoms with van der Waals surface area (Å²) in [6, 6.07) is 12.0. The van der Waals surface area contributed by atoms with Crippen LogP contribution in [0.1, 0.15) is 17.3 Å². The van der Waals surface area contributed by atoms with Crippen molar-refractivity contribution in [3.05, 3.63) is 57.0 Å². The summed E-state index contributed by atoms with van der Waals surface area (Å²) in [4.78, 5) is 23.8. The molecule has 0 spiro atoms. The van der Waals surface area contributed by atoms with Gasteiger partial charge in [0.2, 0.25) is 0 Å². The molecule has 0 aliphatic heterocycles. The first-order valence-electron chi connectivity index (χ1n) is 7.39. The molecule has 2 rings (SSSR count). The molecule has 0 aliphatic carbocycles. The summed E-state index contributed by atoms with van der Waals surface area (Å²) in [5.74, 6) is 0.183. The van der Waals surface area contributed by atoms with Gasteiger partial charge in [-0.1, -0.05) is 22.0 Å². The summed E-state index contributed by atoms with van der Waals surface area (Å²) < 4.78 is 12.3. The van der Waals surface area contributed by atoms with E-state index in [1.165, 1.54) is 0 Å². The van der Waals surface area contributed by atoms with E-state index in [1.807, 2.05) is 6.92 Å². The molecule has 2 amide bonds. The summed E-state index contributed by atoms with van der Waals surface area (Å²) in [5.41, 5.74) is 5.02. The van der Waals surface area contributed by atoms with E-state index < -0.39 is 11.8 Å². The lowest BCUT2D eigenvalue weighted by atomic mass is 10.2. The van der Waals surface area contributed by atoms with Gasteiger partial charge in [0.05, 0.1) is 11.1 Å². The van der Waals surface area contributed by atoms with Gasteiger partial charge in [0.15, 0.2) is 6.61 Å². The third-order valence-corrected chi connectivity index (χ3v) is 4.09. The van der Waals surface area contributed by atoms with Gasteiger partial charge in [-0.15, -0.1) is 0 Å². The maximum Gasteiger partial charge on any atom is 0.276 e. The van der Waals surface area contributed by atoms with Gasteiger partial charge in [-0.3, -0.25) is 20.4 Å². The van der Waals surface area contributed by atoms with Gasteiger partial charge in [-0.2, -0.15) is 0 Å². The van der Waals surface area contributed by atoms with Gasteiger partial charge in [0.1, 0.15) is 11.5 Å². The lowest BCUT2D eigenvalue weighted by molar-refractivity contribution is -0.123. The largest absolute Gasteiger partial charge is 0.494 e. The number of halogens is 2. The van der Waals surface area contributed by atoms with E-state index in [4.69, 9.17) is 9.47 Å². The summed E-state index contributed by atoms with van der Waals surface area (Å²) in [7, 11) is 0. The van der Waals surface area contributed by atoms with Gasteiger partial charge >= 0.3 is 0 Å². The summed E-state index contributed by atoms with van der Waals surface area (Å²) in [6.45, 7) is 2.13. The SMILES string of the molecule is CCOc1cccc(C(=O)NNC(=O)COc2ccc(Br)cc2Br)c1. The number of hydrogen-bond donors (Lipinski definition) is 2. The number of amides is 2. The molecule has 0 saturated carbocycles. The van der Waals surface area contributed by atoms with E-state index in [2.05, 4.69) is 42.7 Å². The zero-order valence-electron chi connectivity index (χ0n) is 13.3. The van der Waals surface area contributed by atoms with Crippen LogP contribution in [0.5, 0.6) is 11.5 Å². The topological polar surface area (TPSA) is 76.7 Å². The zero-order valence-corrected chi connectivity index (χ0v) is 16.5. The minimum atomic E-state index is -0.482. The molecule has 0 atom stereocenters. The molecular formula is C17H16Br2N2O4. The Balaban J connectivity index is 1.83. The van der Waals surface area contributed by atoms with E-state index >= 15 is 0 Å². The molecule has 0 heterocycles.